The number of likely N-dealkylation sites (N-methyl/N-ethyl adjacent to an activating group) is 1. The number of piperidine rings is 1. The smallest absolute Gasteiger partial charge is 0.260 e. The highest BCUT2D eigenvalue weighted by molar-refractivity contribution is 6.19. The van der Waals surface area contributed by atoms with Crippen molar-refractivity contribution in [3.8, 4) is 5.88 Å². The first kappa shape index (κ1) is 18.4. The zero-order valence-corrected chi connectivity index (χ0v) is 16.0. The molecule has 1 saturated heterocycles. The Morgan fingerprint density at radius 1 is 1.25 bits per heavy atom. The molecule has 2 aromatic rings. The maximum atomic E-state index is 11.4. The molecule has 0 saturated carbocycles. The SMILES string of the molecule is C[N+]1(CCOc2nn3ccccc3c2/N=C2\C=CC(=O)C=C2O)CCCCC1. The Morgan fingerprint density at radius 2 is 2.07 bits per heavy atom. The van der Waals surface area contributed by atoms with Gasteiger partial charge in [0, 0.05) is 12.3 Å². The van der Waals surface area contributed by atoms with E-state index in [1.54, 1.807) is 4.52 Å². The van der Waals surface area contributed by atoms with Crippen molar-refractivity contribution in [3.05, 3.63) is 48.4 Å². The van der Waals surface area contributed by atoms with Crippen molar-refractivity contribution < 1.29 is 19.1 Å². The minimum atomic E-state index is -0.258. The number of pyridine rings is 1. The molecule has 0 radical (unpaired) electrons. The summed E-state index contributed by atoms with van der Waals surface area (Å²) >= 11 is 0. The summed E-state index contributed by atoms with van der Waals surface area (Å²) in [5.41, 5.74) is 1.65. The average molecular weight is 381 g/mol. The van der Waals surface area contributed by atoms with Crippen molar-refractivity contribution in [3.63, 3.8) is 0 Å². The number of carbonyl (C=O) groups is 1. The van der Waals surface area contributed by atoms with Crippen LogP contribution in [0, 0.1) is 0 Å². The quantitative estimate of drug-likeness (QED) is 0.638. The number of nitrogens with zero attached hydrogens (tertiary/aromatic N) is 4. The third-order valence-electron chi connectivity index (χ3n) is 5.43. The van der Waals surface area contributed by atoms with E-state index in [0.29, 0.717) is 23.9 Å². The molecule has 0 bridgehead atoms. The van der Waals surface area contributed by atoms with Crippen LogP contribution in [0.1, 0.15) is 19.3 Å². The van der Waals surface area contributed by atoms with Gasteiger partial charge in [0.1, 0.15) is 24.6 Å². The third kappa shape index (κ3) is 3.84. The molecule has 0 amide bonds. The van der Waals surface area contributed by atoms with Crippen molar-refractivity contribution in [1.29, 1.82) is 0 Å². The lowest BCUT2D eigenvalue weighted by Crippen LogP contribution is -2.50. The summed E-state index contributed by atoms with van der Waals surface area (Å²) in [6.07, 6.45) is 9.73. The van der Waals surface area contributed by atoms with Gasteiger partial charge in [-0.05, 0) is 43.5 Å². The van der Waals surface area contributed by atoms with E-state index in [1.165, 1.54) is 44.5 Å². The molecule has 0 aromatic carbocycles. The summed E-state index contributed by atoms with van der Waals surface area (Å²) in [6.45, 7) is 3.83. The van der Waals surface area contributed by atoms with Gasteiger partial charge in [-0.2, -0.15) is 0 Å². The molecule has 3 heterocycles. The zero-order chi connectivity index (χ0) is 19.6. The van der Waals surface area contributed by atoms with E-state index in [2.05, 4.69) is 17.1 Å². The molecule has 1 fully saturated rings. The number of ether oxygens (including phenoxy) is 1. The molecule has 1 aliphatic heterocycles. The lowest BCUT2D eigenvalue weighted by molar-refractivity contribution is -0.914. The molecule has 1 aliphatic carbocycles. The van der Waals surface area contributed by atoms with Crippen LogP contribution in [0.15, 0.2) is 53.4 Å². The van der Waals surface area contributed by atoms with E-state index in [4.69, 9.17) is 4.74 Å². The molecular weight excluding hydrogens is 356 g/mol. The van der Waals surface area contributed by atoms with Gasteiger partial charge in [-0.15, -0.1) is 5.10 Å². The number of allylic oxidation sites excluding steroid dienone is 3. The van der Waals surface area contributed by atoms with Gasteiger partial charge in [-0.3, -0.25) is 4.79 Å². The molecule has 2 aromatic heterocycles. The lowest BCUT2D eigenvalue weighted by atomic mass is 10.1. The summed E-state index contributed by atoms with van der Waals surface area (Å²) in [6, 6.07) is 5.69. The number of quaternary nitrogens is 1. The van der Waals surface area contributed by atoms with Crippen LogP contribution in [0.2, 0.25) is 0 Å². The number of aliphatic hydroxyl groups excluding tert-OH is 1. The highest BCUT2D eigenvalue weighted by Crippen LogP contribution is 2.33. The third-order valence-corrected chi connectivity index (χ3v) is 5.43. The van der Waals surface area contributed by atoms with Crippen LogP contribution in [-0.4, -0.2) is 64.0 Å². The van der Waals surface area contributed by atoms with Gasteiger partial charge in [-0.1, -0.05) is 6.07 Å². The van der Waals surface area contributed by atoms with Crippen LogP contribution >= 0.6 is 0 Å². The van der Waals surface area contributed by atoms with E-state index in [1.807, 2.05) is 24.4 Å². The van der Waals surface area contributed by atoms with Gasteiger partial charge >= 0.3 is 0 Å². The molecule has 1 N–H and O–H groups in total. The van der Waals surface area contributed by atoms with Gasteiger partial charge in [0.15, 0.2) is 11.5 Å². The molecule has 28 heavy (non-hydrogen) atoms. The molecule has 7 heteroatoms. The van der Waals surface area contributed by atoms with E-state index in [-0.39, 0.29) is 11.5 Å². The molecule has 0 unspecified atom stereocenters. The van der Waals surface area contributed by atoms with Crippen molar-refractivity contribution >= 4 is 22.7 Å². The zero-order valence-electron chi connectivity index (χ0n) is 16.0. The normalized spacial score (nSPS) is 20.5. The minimum Gasteiger partial charge on any atom is -0.506 e. The maximum Gasteiger partial charge on any atom is 0.260 e. The van der Waals surface area contributed by atoms with Crippen LogP contribution in [-0.2, 0) is 4.79 Å². The van der Waals surface area contributed by atoms with Gasteiger partial charge in [-0.25, -0.2) is 9.51 Å². The van der Waals surface area contributed by atoms with E-state index < -0.39 is 0 Å². The van der Waals surface area contributed by atoms with Gasteiger partial charge in [0.2, 0.25) is 0 Å². The summed E-state index contributed by atoms with van der Waals surface area (Å²) in [5, 5.41) is 14.6. The Kier molecular flexibility index (Phi) is 5.00. The van der Waals surface area contributed by atoms with Crippen LogP contribution < -0.4 is 4.74 Å². The lowest BCUT2D eigenvalue weighted by Gasteiger charge is -2.37. The number of likely N-dealkylation sites (tertiary alicyclic amines) is 1. The largest absolute Gasteiger partial charge is 0.506 e. The van der Waals surface area contributed by atoms with Crippen molar-refractivity contribution in [2.75, 3.05) is 33.3 Å². The Morgan fingerprint density at radius 3 is 2.86 bits per heavy atom. The molecule has 4 rings (SSSR count). The van der Waals surface area contributed by atoms with Crippen molar-refractivity contribution in [1.82, 2.24) is 9.61 Å². The average Bonchev–Trinajstić information content (AvgIpc) is 3.02. The fourth-order valence-electron chi connectivity index (χ4n) is 3.75. The Balaban J connectivity index is 1.60. The second-order valence-electron chi connectivity index (χ2n) is 7.65. The Bertz CT molecular complexity index is 981. The predicted octanol–water partition coefficient (Wildman–Crippen LogP) is 3.00. The number of rotatable bonds is 5. The second kappa shape index (κ2) is 7.59. The summed E-state index contributed by atoms with van der Waals surface area (Å²) in [5.74, 6) is 0.0202. The number of aliphatic hydroxyl groups is 1. The van der Waals surface area contributed by atoms with Crippen LogP contribution in [0.25, 0.3) is 5.52 Å². The number of ketones is 1. The first-order valence-corrected chi connectivity index (χ1v) is 9.70. The number of hydrogen-bond acceptors (Lipinski definition) is 5. The molecule has 146 valence electrons. The maximum absolute atomic E-state index is 11.4. The van der Waals surface area contributed by atoms with E-state index in [9.17, 15) is 9.90 Å². The second-order valence-corrected chi connectivity index (χ2v) is 7.65. The molecule has 7 nitrogen and oxygen atoms in total. The predicted molar refractivity (Wildman–Crippen MR) is 107 cm³/mol. The number of carbonyl (C=O) groups excluding carboxylic acids is 1. The fraction of sp³-hybridized carbons (Fsp3) is 0.381. The summed E-state index contributed by atoms with van der Waals surface area (Å²) in [7, 11) is 2.28. The van der Waals surface area contributed by atoms with E-state index >= 15 is 0 Å². The van der Waals surface area contributed by atoms with Crippen molar-refractivity contribution in [2.24, 2.45) is 4.99 Å². The molecular formula is C21H25N4O3+. The number of aromatic nitrogens is 2. The van der Waals surface area contributed by atoms with Crippen LogP contribution in [0.4, 0.5) is 5.69 Å². The van der Waals surface area contributed by atoms with Gasteiger partial charge in [0.05, 0.1) is 25.7 Å². The van der Waals surface area contributed by atoms with E-state index in [0.717, 1.165) is 22.6 Å². The van der Waals surface area contributed by atoms with Crippen LogP contribution in [0.5, 0.6) is 5.88 Å². The molecule has 0 atom stereocenters. The highest BCUT2D eigenvalue weighted by atomic mass is 16.5. The number of fused-ring (bicyclic) bond motifs is 1. The molecule has 2 aliphatic rings. The summed E-state index contributed by atoms with van der Waals surface area (Å²) in [4.78, 5) is 16.0. The van der Waals surface area contributed by atoms with Crippen molar-refractivity contribution in [2.45, 2.75) is 19.3 Å². The first-order chi connectivity index (χ1) is 13.5. The Hall–Kier alpha value is -2.93. The molecule has 0 spiro atoms. The minimum absolute atomic E-state index is 0.153. The number of aliphatic imine (C=N–C) groups is 1. The van der Waals surface area contributed by atoms with Gasteiger partial charge < -0.3 is 14.3 Å². The van der Waals surface area contributed by atoms with Crippen LogP contribution in [0.3, 0.4) is 0 Å². The topological polar surface area (TPSA) is 76.2 Å². The number of hydrogen-bond donors (Lipinski definition) is 1. The fourth-order valence-corrected chi connectivity index (χ4v) is 3.75. The first-order valence-electron chi connectivity index (χ1n) is 9.70. The standard InChI is InChI=1S/C21H24N4O3/c1-25(11-5-2-6-12-25)13-14-28-21-20(18-7-3-4-10-24(18)23-21)22-17-9-8-16(26)15-19(17)27/h3-4,7-10,15H,2,5-6,11-14H2,1H3/p+1/b22-17+. The van der Waals surface area contributed by atoms with Gasteiger partial charge in [0.25, 0.3) is 5.88 Å². The highest BCUT2D eigenvalue weighted by Gasteiger charge is 2.25. The Labute approximate surface area is 163 Å². The summed E-state index contributed by atoms with van der Waals surface area (Å²) < 4.78 is 8.77. The monoisotopic (exact) mass is 381 g/mol.